The molecule has 1 amide bonds. The number of carbonyl (C=O) groups excluding carboxylic acids is 1. The third kappa shape index (κ3) is 5.54. The van der Waals surface area contributed by atoms with E-state index in [9.17, 15) is 22.0 Å². The van der Waals surface area contributed by atoms with Gasteiger partial charge >= 0.3 is 5.76 Å². The molecule has 0 saturated carbocycles. The highest BCUT2D eigenvalue weighted by Gasteiger charge is 2.26. The van der Waals surface area contributed by atoms with E-state index in [2.05, 4.69) is 5.32 Å². The van der Waals surface area contributed by atoms with Crippen molar-refractivity contribution < 1.29 is 22.0 Å². The summed E-state index contributed by atoms with van der Waals surface area (Å²) in [7, 11) is -4.64. The maximum Gasteiger partial charge on any atom is 0.341 e. The first-order chi connectivity index (χ1) is 11.9. The highest BCUT2D eigenvalue weighted by Crippen LogP contribution is 2.19. The summed E-state index contributed by atoms with van der Waals surface area (Å²) in [5.74, 6) is -3.00. The largest absolute Gasteiger partial charge is 0.352 e. The summed E-state index contributed by atoms with van der Waals surface area (Å²) in [6.07, 6.45) is 0.767. The number of rotatable bonds is 8. The Hall–Kier alpha value is -1.93. The van der Waals surface area contributed by atoms with Gasteiger partial charge in [0.2, 0.25) is 9.84 Å². The van der Waals surface area contributed by atoms with Gasteiger partial charge in [-0.05, 0) is 48.6 Å². The number of sulfone groups is 1. The molecule has 134 valence electrons. The number of benzene rings is 2. The van der Waals surface area contributed by atoms with Crippen molar-refractivity contribution in [1.82, 2.24) is 5.32 Å². The highest BCUT2D eigenvalue weighted by atomic mass is 32.2. The number of hydrogen-bond donors (Lipinski definition) is 1. The highest BCUT2D eigenvalue weighted by molar-refractivity contribution is 7.99. The van der Waals surface area contributed by atoms with Crippen LogP contribution in [-0.2, 0) is 9.84 Å². The van der Waals surface area contributed by atoms with Gasteiger partial charge in [0.15, 0.2) is 0 Å². The first kappa shape index (κ1) is 19.4. The van der Waals surface area contributed by atoms with Gasteiger partial charge in [-0.1, -0.05) is 18.2 Å². The lowest BCUT2D eigenvalue weighted by atomic mass is 10.2. The van der Waals surface area contributed by atoms with E-state index in [1.54, 1.807) is 11.8 Å². The van der Waals surface area contributed by atoms with Crippen LogP contribution >= 0.6 is 11.8 Å². The van der Waals surface area contributed by atoms with Crippen LogP contribution in [0.25, 0.3) is 0 Å². The van der Waals surface area contributed by atoms with Gasteiger partial charge in [0.1, 0.15) is 0 Å². The Morgan fingerprint density at radius 2 is 1.68 bits per heavy atom. The standard InChI is InChI=1S/C17H17F2NO3S2/c18-17(19)25(22,23)15-9-7-13(8-10-15)16(21)20-11-4-12-24-14-5-2-1-3-6-14/h1-3,5-10,17H,4,11-12H2,(H,20,21). The van der Waals surface area contributed by atoms with E-state index in [-0.39, 0.29) is 11.5 Å². The van der Waals surface area contributed by atoms with Crippen molar-refractivity contribution in [2.75, 3.05) is 12.3 Å². The molecule has 2 aromatic rings. The lowest BCUT2D eigenvalue weighted by Crippen LogP contribution is -2.24. The SMILES string of the molecule is O=C(NCCCSc1ccccc1)c1ccc(S(=O)(=O)C(F)F)cc1. The van der Waals surface area contributed by atoms with E-state index in [0.717, 1.165) is 29.2 Å². The lowest BCUT2D eigenvalue weighted by molar-refractivity contribution is 0.0953. The number of hydrogen-bond acceptors (Lipinski definition) is 4. The molecule has 2 aromatic carbocycles. The van der Waals surface area contributed by atoms with Crippen LogP contribution in [0, 0.1) is 0 Å². The zero-order valence-electron chi connectivity index (χ0n) is 13.2. The van der Waals surface area contributed by atoms with Gasteiger partial charge in [0.05, 0.1) is 4.90 Å². The maximum absolute atomic E-state index is 12.4. The lowest BCUT2D eigenvalue weighted by Gasteiger charge is -2.07. The topological polar surface area (TPSA) is 63.2 Å². The number of amides is 1. The molecule has 1 N–H and O–H groups in total. The normalized spacial score (nSPS) is 11.5. The summed E-state index contributed by atoms with van der Waals surface area (Å²) in [5.41, 5.74) is 0.226. The average molecular weight is 385 g/mol. The van der Waals surface area contributed by atoms with Crippen LogP contribution in [0.5, 0.6) is 0 Å². The first-order valence-electron chi connectivity index (χ1n) is 7.49. The van der Waals surface area contributed by atoms with Crippen molar-refractivity contribution in [2.45, 2.75) is 22.0 Å². The van der Waals surface area contributed by atoms with Gasteiger partial charge in [0.25, 0.3) is 5.91 Å². The van der Waals surface area contributed by atoms with E-state index in [4.69, 9.17) is 0 Å². The van der Waals surface area contributed by atoms with Gasteiger partial charge in [0, 0.05) is 17.0 Å². The Morgan fingerprint density at radius 3 is 2.28 bits per heavy atom. The van der Waals surface area contributed by atoms with Gasteiger partial charge in [-0.25, -0.2) is 8.42 Å². The molecule has 2 rings (SSSR count). The molecule has 0 spiro atoms. The second kappa shape index (κ2) is 8.96. The molecule has 4 nitrogen and oxygen atoms in total. The molecule has 0 atom stereocenters. The van der Waals surface area contributed by atoms with E-state index in [0.29, 0.717) is 6.54 Å². The first-order valence-corrected chi connectivity index (χ1v) is 10.0. The number of alkyl halides is 2. The maximum atomic E-state index is 12.4. The van der Waals surface area contributed by atoms with Gasteiger partial charge in [-0.3, -0.25) is 4.79 Å². The predicted octanol–water partition coefficient (Wildman–Crippen LogP) is 3.60. The minimum atomic E-state index is -4.64. The van der Waals surface area contributed by atoms with E-state index in [1.807, 2.05) is 30.3 Å². The van der Waals surface area contributed by atoms with Crippen LogP contribution in [-0.4, -0.2) is 32.4 Å². The predicted molar refractivity (Wildman–Crippen MR) is 93.7 cm³/mol. The van der Waals surface area contributed by atoms with Gasteiger partial charge in [-0.2, -0.15) is 8.78 Å². The fraction of sp³-hybridized carbons (Fsp3) is 0.235. The van der Waals surface area contributed by atoms with Crippen LogP contribution in [0.2, 0.25) is 0 Å². The van der Waals surface area contributed by atoms with E-state index >= 15 is 0 Å². The van der Waals surface area contributed by atoms with Crippen LogP contribution in [0.3, 0.4) is 0 Å². The van der Waals surface area contributed by atoms with Crippen molar-refractivity contribution >= 4 is 27.5 Å². The Bertz CT molecular complexity index is 794. The Morgan fingerprint density at radius 1 is 1.04 bits per heavy atom. The molecule has 25 heavy (non-hydrogen) atoms. The smallest absolute Gasteiger partial charge is 0.341 e. The molecule has 0 unspecified atom stereocenters. The Kier molecular flexibility index (Phi) is 6.95. The average Bonchev–Trinajstić information content (AvgIpc) is 2.62. The van der Waals surface area contributed by atoms with Crippen molar-refractivity contribution in [3.8, 4) is 0 Å². The molecule has 0 radical (unpaired) electrons. The third-order valence-electron chi connectivity index (χ3n) is 3.30. The fourth-order valence-electron chi connectivity index (χ4n) is 1.98. The summed E-state index contributed by atoms with van der Waals surface area (Å²) in [5, 5.41) is 2.72. The second-order valence-electron chi connectivity index (χ2n) is 5.10. The van der Waals surface area contributed by atoms with Crippen molar-refractivity contribution in [2.24, 2.45) is 0 Å². The molecule has 0 aromatic heterocycles. The van der Waals surface area contributed by atoms with Crippen molar-refractivity contribution in [1.29, 1.82) is 0 Å². The number of thioether (sulfide) groups is 1. The quantitative estimate of drug-likeness (QED) is 0.557. The van der Waals surface area contributed by atoms with Crippen LogP contribution in [0.1, 0.15) is 16.8 Å². The number of carbonyl (C=O) groups is 1. The zero-order valence-corrected chi connectivity index (χ0v) is 14.8. The van der Waals surface area contributed by atoms with E-state index in [1.165, 1.54) is 12.1 Å². The van der Waals surface area contributed by atoms with E-state index < -0.39 is 20.5 Å². The minimum absolute atomic E-state index is 0.226. The summed E-state index contributed by atoms with van der Waals surface area (Å²) in [6.45, 7) is 0.468. The van der Waals surface area contributed by atoms with Gasteiger partial charge < -0.3 is 5.32 Å². The minimum Gasteiger partial charge on any atom is -0.352 e. The number of nitrogens with one attached hydrogen (secondary N) is 1. The molecule has 0 aliphatic rings. The van der Waals surface area contributed by atoms with Gasteiger partial charge in [-0.15, -0.1) is 11.8 Å². The molecule has 0 saturated heterocycles. The fourth-order valence-corrected chi connectivity index (χ4v) is 3.58. The van der Waals surface area contributed by atoms with Crippen molar-refractivity contribution in [3.63, 3.8) is 0 Å². The monoisotopic (exact) mass is 385 g/mol. The van der Waals surface area contributed by atoms with Crippen molar-refractivity contribution in [3.05, 3.63) is 60.2 Å². The molecule has 0 aliphatic heterocycles. The summed E-state index contributed by atoms with van der Waals surface area (Å²) < 4.78 is 47.5. The van der Waals surface area contributed by atoms with Crippen LogP contribution < -0.4 is 5.32 Å². The Balaban J connectivity index is 1.79. The van der Waals surface area contributed by atoms with Crippen LogP contribution in [0.15, 0.2) is 64.4 Å². The van der Waals surface area contributed by atoms with Crippen LogP contribution in [0.4, 0.5) is 8.78 Å². The molecular weight excluding hydrogens is 368 g/mol. The molecular formula is C17H17F2NO3S2. The molecule has 0 fully saturated rings. The third-order valence-corrected chi connectivity index (χ3v) is 5.79. The zero-order chi connectivity index (χ0) is 18.3. The second-order valence-corrected chi connectivity index (χ2v) is 8.19. The molecule has 8 heteroatoms. The Labute approximate surface area is 149 Å². The summed E-state index contributed by atoms with van der Waals surface area (Å²) in [6, 6.07) is 14.4. The summed E-state index contributed by atoms with van der Waals surface area (Å²) >= 11 is 1.69. The molecule has 0 heterocycles. The summed E-state index contributed by atoms with van der Waals surface area (Å²) in [4.78, 5) is 12.6. The molecule has 0 bridgehead atoms. The number of halogens is 2. The molecule has 0 aliphatic carbocycles.